The second kappa shape index (κ2) is 9.52. The predicted octanol–water partition coefficient (Wildman–Crippen LogP) is 1.44. The first-order valence-corrected chi connectivity index (χ1v) is 9.82. The zero-order valence-electron chi connectivity index (χ0n) is 17.5. The number of anilines is 2. The van der Waals surface area contributed by atoms with Crippen LogP contribution in [0.2, 0.25) is 0 Å². The Morgan fingerprint density at radius 1 is 0.966 bits per heavy atom. The van der Waals surface area contributed by atoms with Crippen LogP contribution in [0.25, 0.3) is 0 Å². The molecule has 1 heterocycles. The molecule has 1 saturated heterocycles. The predicted molar refractivity (Wildman–Crippen MR) is 114 cm³/mol. The van der Waals surface area contributed by atoms with Crippen molar-refractivity contribution in [3.63, 3.8) is 0 Å². The van der Waals surface area contributed by atoms with Crippen LogP contribution in [0.3, 0.4) is 0 Å². The highest BCUT2D eigenvalue weighted by atomic mass is 16.5. The van der Waals surface area contributed by atoms with Crippen molar-refractivity contribution in [1.82, 2.24) is 0 Å². The topological polar surface area (TPSA) is 64.5 Å². The van der Waals surface area contributed by atoms with E-state index >= 15 is 0 Å². The van der Waals surface area contributed by atoms with Crippen molar-refractivity contribution < 1.29 is 23.9 Å². The lowest BCUT2D eigenvalue weighted by Gasteiger charge is -2.36. The minimum absolute atomic E-state index is 0.00474. The summed E-state index contributed by atoms with van der Waals surface area (Å²) in [5.41, 5.74) is 1.89. The number of amides is 1. The monoisotopic (exact) mass is 400 g/mol. The van der Waals surface area contributed by atoms with Crippen LogP contribution in [0.15, 0.2) is 42.5 Å². The van der Waals surface area contributed by atoms with Gasteiger partial charge in [0.05, 0.1) is 47.5 Å². The average molecular weight is 400 g/mol. The van der Waals surface area contributed by atoms with E-state index in [0.717, 1.165) is 31.9 Å². The van der Waals surface area contributed by atoms with E-state index in [1.165, 1.54) is 10.6 Å². The van der Waals surface area contributed by atoms with Crippen molar-refractivity contribution in [1.29, 1.82) is 0 Å². The number of benzene rings is 2. The van der Waals surface area contributed by atoms with Gasteiger partial charge in [0, 0.05) is 17.4 Å². The maximum absolute atomic E-state index is 12.8. The number of hydrogen-bond donors (Lipinski definition) is 2. The third-order valence-corrected chi connectivity index (χ3v) is 5.50. The molecule has 0 radical (unpaired) electrons. The molecule has 1 aliphatic rings. The number of methoxy groups -OCH3 is 3. The van der Waals surface area contributed by atoms with Gasteiger partial charge in [-0.2, -0.15) is 0 Å². The summed E-state index contributed by atoms with van der Waals surface area (Å²) < 4.78 is 15.8. The fourth-order valence-corrected chi connectivity index (χ4v) is 3.63. The smallest absolute Gasteiger partial charge is 0.282 e. The zero-order chi connectivity index (χ0) is 20.8. The van der Waals surface area contributed by atoms with Crippen molar-refractivity contribution in [2.45, 2.75) is 13.0 Å². The largest absolute Gasteiger partial charge is 0.497 e. The van der Waals surface area contributed by atoms with Gasteiger partial charge in [-0.15, -0.1) is 0 Å². The van der Waals surface area contributed by atoms with Crippen LogP contribution in [0.5, 0.6) is 17.2 Å². The Morgan fingerprint density at radius 2 is 1.62 bits per heavy atom. The normalized spacial score (nSPS) is 15.5. The van der Waals surface area contributed by atoms with Gasteiger partial charge in [-0.05, 0) is 43.3 Å². The summed E-state index contributed by atoms with van der Waals surface area (Å²) >= 11 is 0. The molecule has 0 aliphatic carbocycles. The van der Waals surface area contributed by atoms with Gasteiger partial charge in [-0.3, -0.25) is 4.79 Å². The van der Waals surface area contributed by atoms with Crippen LogP contribution in [0.1, 0.15) is 6.92 Å². The number of hydrogen-bond acceptors (Lipinski definition) is 5. The van der Waals surface area contributed by atoms with Crippen LogP contribution in [-0.4, -0.2) is 59.5 Å². The molecule has 0 unspecified atom stereocenters. The molecule has 156 valence electrons. The molecular weight excluding hydrogens is 370 g/mol. The summed E-state index contributed by atoms with van der Waals surface area (Å²) in [6.07, 6.45) is 0. The number of carbonyl (C=O) groups is 1. The standard InChI is InChI=1S/C22H29N3O4/c1-16(22(26)23-17-5-10-20(28-3)21(15-17)29-4)24-11-13-25(14-12-24)18-6-8-19(27-2)9-7-18/h5-10,15-16H,11-14H2,1-4H3,(H,23,26)/p+1/t16-/m0/s1. The molecule has 0 aromatic heterocycles. The molecule has 0 spiro atoms. The molecular formula is C22H30N3O4+. The highest BCUT2D eigenvalue weighted by Crippen LogP contribution is 2.29. The molecule has 1 amide bonds. The lowest BCUT2D eigenvalue weighted by molar-refractivity contribution is -0.914. The summed E-state index contributed by atoms with van der Waals surface area (Å²) in [6.45, 7) is 5.62. The second-order valence-corrected chi connectivity index (χ2v) is 7.12. The van der Waals surface area contributed by atoms with Crippen molar-refractivity contribution in [2.24, 2.45) is 0 Å². The molecule has 0 saturated carbocycles. The van der Waals surface area contributed by atoms with Gasteiger partial charge in [0.25, 0.3) is 5.91 Å². The minimum atomic E-state index is -0.138. The summed E-state index contributed by atoms with van der Waals surface area (Å²) in [7, 11) is 4.84. The van der Waals surface area contributed by atoms with E-state index in [-0.39, 0.29) is 11.9 Å². The Balaban J connectivity index is 1.55. The summed E-state index contributed by atoms with van der Waals surface area (Å²) in [5.74, 6) is 2.10. The molecule has 2 aromatic rings. The van der Waals surface area contributed by atoms with Gasteiger partial charge in [0.2, 0.25) is 0 Å². The molecule has 7 nitrogen and oxygen atoms in total. The number of quaternary nitrogens is 1. The number of rotatable bonds is 7. The highest BCUT2D eigenvalue weighted by Gasteiger charge is 2.29. The number of ether oxygens (including phenoxy) is 3. The lowest BCUT2D eigenvalue weighted by Crippen LogP contribution is -3.19. The first kappa shape index (κ1) is 20.8. The lowest BCUT2D eigenvalue weighted by atomic mass is 10.2. The summed E-state index contributed by atoms with van der Waals surface area (Å²) in [4.78, 5) is 16.4. The van der Waals surface area contributed by atoms with E-state index in [2.05, 4.69) is 22.3 Å². The molecule has 3 rings (SSSR count). The molecule has 7 heteroatoms. The Kier molecular flexibility index (Phi) is 6.82. The first-order chi connectivity index (χ1) is 14.0. The summed E-state index contributed by atoms with van der Waals surface area (Å²) in [6, 6.07) is 13.4. The molecule has 0 bridgehead atoms. The van der Waals surface area contributed by atoms with Crippen molar-refractivity contribution >= 4 is 17.3 Å². The fraction of sp³-hybridized carbons (Fsp3) is 0.409. The van der Waals surface area contributed by atoms with Gasteiger partial charge in [0.15, 0.2) is 17.5 Å². The third kappa shape index (κ3) is 4.92. The molecule has 2 N–H and O–H groups in total. The average Bonchev–Trinajstić information content (AvgIpc) is 2.78. The Labute approximate surface area is 172 Å². The van der Waals surface area contributed by atoms with Crippen molar-refractivity contribution in [3.05, 3.63) is 42.5 Å². The maximum atomic E-state index is 12.8. The number of piperazine rings is 1. The van der Waals surface area contributed by atoms with Gasteiger partial charge in [-0.1, -0.05) is 0 Å². The van der Waals surface area contributed by atoms with Crippen LogP contribution >= 0.6 is 0 Å². The second-order valence-electron chi connectivity index (χ2n) is 7.12. The van der Waals surface area contributed by atoms with Crippen LogP contribution in [0.4, 0.5) is 11.4 Å². The number of nitrogens with zero attached hydrogens (tertiary/aromatic N) is 1. The molecule has 2 aromatic carbocycles. The van der Waals surface area contributed by atoms with E-state index in [4.69, 9.17) is 14.2 Å². The van der Waals surface area contributed by atoms with Gasteiger partial charge >= 0.3 is 0 Å². The Morgan fingerprint density at radius 3 is 2.21 bits per heavy atom. The number of carbonyl (C=O) groups excluding carboxylic acids is 1. The van der Waals surface area contributed by atoms with E-state index in [9.17, 15) is 4.79 Å². The van der Waals surface area contributed by atoms with Crippen molar-refractivity contribution in [3.8, 4) is 17.2 Å². The molecule has 1 fully saturated rings. The summed E-state index contributed by atoms with van der Waals surface area (Å²) in [5, 5.41) is 3.00. The van der Waals surface area contributed by atoms with Gasteiger partial charge in [-0.25, -0.2) is 0 Å². The molecule has 1 atom stereocenters. The van der Waals surface area contributed by atoms with Crippen LogP contribution < -0.4 is 29.3 Å². The maximum Gasteiger partial charge on any atom is 0.282 e. The third-order valence-electron chi connectivity index (χ3n) is 5.50. The minimum Gasteiger partial charge on any atom is -0.497 e. The van der Waals surface area contributed by atoms with Crippen LogP contribution in [0, 0.1) is 0 Å². The van der Waals surface area contributed by atoms with E-state index in [1.54, 1.807) is 33.5 Å². The quantitative estimate of drug-likeness (QED) is 0.737. The first-order valence-electron chi connectivity index (χ1n) is 9.82. The van der Waals surface area contributed by atoms with E-state index in [0.29, 0.717) is 17.2 Å². The van der Waals surface area contributed by atoms with Crippen LogP contribution in [-0.2, 0) is 4.79 Å². The van der Waals surface area contributed by atoms with Crippen molar-refractivity contribution in [2.75, 3.05) is 57.7 Å². The van der Waals surface area contributed by atoms with Gasteiger partial charge in [0.1, 0.15) is 5.75 Å². The van der Waals surface area contributed by atoms with E-state index in [1.807, 2.05) is 25.1 Å². The Bertz CT molecular complexity index is 817. The SMILES string of the molecule is COc1ccc(N2CC[NH+]([C@@H](C)C(=O)Nc3ccc(OC)c(OC)c3)CC2)cc1. The number of nitrogens with one attached hydrogen (secondary N) is 2. The highest BCUT2D eigenvalue weighted by molar-refractivity contribution is 5.94. The zero-order valence-corrected chi connectivity index (χ0v) is 17.5. The molecule has 1 aliphatic heterocycles. The Hall–Kier alpha value is -2.93. The fourth-order valence-electron chi connectivity index (χ4n) is 3.63. The van der Waals surface area contributed by atoms with Gasteiger partial charge < -0.3 is 29.3 Å². The van der Waals surface area contributed by atoms with E-state index < -0.39 is 0 Å². The molecule has 29 heavy (non-hydrogen) atoms.